The van der Waals surface area contributed by atoms with Crippen LogP contribution in [0.15, 0.2) is 48.5 Å². The number of carbonyl (C=O) groups excluding carboxylic acids is 1. The van der Waals surface area contributed by atoms with Crippen molar-refractivity contribution in [2.45, 2.75) is 31.7 Å². The molecule has 1 saturated heterocycles. The molecule has 1 amide bonds. The standard InChI is InChI=1S/C22H28N2O3/c1-27-19-9-6-8-18(15-19)20(24-13-4-5-14-24)16-23-22(26)12-11-17-7-2-3-10-21(17)25/h2-3,6-10,15,20,25H,4-5,11-14,16H2,1H3,(H,23,26). The third kappa shape index (κ3) is 5.23. The minimum atomic E-state index is 0.00495. The quantitative estimate of drug-likeness (QED) is 0.751. The Bertz CT molecular complexity index is 757. The molecule has 1 aliphatic heterocycles. The van der Waals surface area contributed by atoms with Gasteiger partial charge in [0.25, 0.3) is 0 Å². The van der Waals surface area contributed by atoms with Crippen LogP contribution in [0.1, 0.15) is 36.4 Å². The van der Waals surface area contributed by atoms with Crippen molar-refractivity contribution in [2.75, 3.05) is 26.7 Å². The van der Waals surface area contributed by atoms with Gasteiger partial charge in [0.1, 0.15) is 11.5 Å². The molecular formula is C22H28N2O3. The Labute approximate surface area is 161 Å². The third-order valence-corrected chi connectivity index (χ3v) is 5.17. The summed E-state index contributed by atoms with van der Waals surface area (Å²) >= 11 is 0. The Balaban J connectivity index is 1.60. The summed E-state index contributed by atoms with van der Waals surface area (Å²) in [6.07, 6.45) is 3.29. The predicted octanol–water partition coefficient (Wildman–Crippen LogP) is 3.29. The highest BCUT2D eigenvalue weighted by atomic mass is 16.5. The monoisotopic (exact) mass is 368 g/mol. The van der Waals surface area contributed by atoms with Gasteiger partial charge < -0.3 is 15.2 Å². The van der Waals surface area contributed by atoms with Gasteiger partial charge >= 0.3 is 0 Å². The summed E-state index contributed by atoms with van der Waals surface area (Å²) in [7, 11) is 1.67. The van der Waals surface area contributed by atoms with Gasteiger partial charge in [0.05, 0.1) is 13.2 Å². The molecule has 5 nitrogen and oxygen atoms in total. The first-order valence-electron chi connectivity index (χ1n) is 9.59. The van der Waals surface area contributed by atoms with Crippen LogP contribution in [0.4, 0.5) is 0 Å². The number of nitrogens with zero attached hydrogens (tertiary/aromatic N) is 1. The number of hydrogen-bond acceptors (Lipinski definition) is 4. The largest absolute Gasteiger partial charge is 0.508 e. The van der Waals surface area contributed by atoms with Crippen molar-refractivity contribution >= 4 is 5.91 Å². The lowest BCUT2D eigenvalue weighted by atomic mass is 10.0. The first-order chi connectivity index (χ1) is 13.2. The summed E-state index contributed by atoms with van der Waals surface area (Å²) in [5, 5.41) is 12.9. The van der Waals surface area contributed by atoms with Gasteiger partial charge in [-0.05, 0) is 61.7 Å². The number of phenols is 1. The number of hydrogen-bond donors (Lipinski definition) is 2. The van der Waals surface area contributed by atoms with Crippen molar-refractivity contribution in [3.8, 4) is 11.5 Å². The fraction of sp³-hybridized carbons (Fsp3) is 0.409. The zero-order valence-electron chi connectivity index (χ0n) is 15.9. The van der Waals surface area contributed by atoms with E-state index in [-0.39, 0.29) is 17.7 Å². The highest BCUT2D eigenvalue weighted by Crippen LogP contribution is 2.27. The molecule has 144 valence electrons. The number of rotatable bonds is 8. The van der Waals surface area contributed by atoms with Crippen LogP contribution in [0.25, 0.3) is 0 Å². The van der Waals surface area contributed by atoms with Crippen molar-refractivity contribution in [1.29, 1.82) is 0 Å². The molecule has 27 heavy (non-hydrogen) atoms. The molecule has 1 heterocycles. The van der Waals surface area contributed by atoms with E-state index in [0.717, 1.165) is 30.0 Å². The summed E-state index contributed by atoms with van der Waals surface area (Å²) in [5.41, 5.74) is 1.97. The number of para-hydroxylation sites is 1. The second-order valence-corrected chi connectivity index (χ2v) is 6.97. The van der Waals surface area contributed by atoms with Gasteiger partial charge in [0, 0.05) is 13.0 Å². The van der Waals surface area contributed by atoms with E-state index in [1.54, 1.807) is 19.2 Å². The fourth-order valence-electron chi connectivity index (χ4n) is 3.63. The number of carbonyl (C=O) groups is 1. The topological polar surface area (TPSA) is 61.8 Å². The summed E-state index contributed by atoms with van der Waals surface area (Å²) in [4.78, 5) is 14.8. The van der Waals surface area contributed by atoms with Gasteiger partial charge in [0.15, 0.2) is 0 Å². The predicted molar refractivity (Wildman–Crippen MR) is 106 cm³/mol. The van der Waals surface area contributed by atoms with Crippen LogP contribution in [0.3, 0.4) is 0 Å². The number of benzene rings is 2. The average molecular weight is 368 g/mol. The van der Waals surface area contributed by atoms with E-state index in [1.807, 2.05) is 24.3 Å². The van der Waals surface area contributed by atoms with Crippen LogP contribution < -0.4 is 10.1 Å². The van der Waals surface area contributed by atoms with E-state index in [2.05, 4.69) is 22.3 Å². The molecule has 1 unspecified atom stereocenters. The Kier molecular flexibility index (Phi) is 6.71. The molecule has 1 aliphatic rings. The minimum Gasteiger partial charge on any atom is -0.508 e. The Morgan fingerprint density at radius 3 is 2.70 bits per heavy atom. The molecule has 3 rings (SSSR count). The Morgan fingerprint density at radius 2 is 1.96 bits per heavy atom. The second kappa shape index (κ2) is 9.42. The zero-order valence-corrected chi connectivity index (χ0v) is 15.9. The highest BCUT2D eigenvalue weighted by Gasteiger charge is 2.24. The number of aromatic hydroxyl groups is 1. The second-order valence-electron chi connectivity index (χ2n) is 6.97. The number of likely N-dealkylation sites (tertiary alicyclic amines) is 1. The van der Waals surface area contributed by atoms with Crippen molar-refractivity contribution in [3.05, 3.63) is 59.7 Å². The van der Waals surface area contributed by atoms with Gasteiger partial charge in [-0.3, -0.25) is 9.69 Å². The van der Waals surface area contributed by atoms with Crippen molar-refractivity contribution < 1.29 is 14.6 Å². The van der Waals surface area contributed by atoms with E-state index in [4.69, 9.17) is 4.74 Å². The third-order valence-electron chi connectivity index (χ3n) is 5.17. The van der Waals surface area contributed by atoms with E-state index in [1.165, 1.54) is 12.8 Å². The zero-order chi connectivity index (χ0) is 19.1. The van der Waals surface area contributed by atoms with Crippen molar-refractivity contribution in [1.82, 2.24) is 10.2 Å². The number of phenolic OH excluding ortho intramolecular Hbond substituents is 1. The number of nitrogens with one attached hydrogen (secondary N) is 1. The highest BCUT2D eigenvalue weighted by molar-refractivity contribution is 5.76. The fourth-order valence-corrected chi connectivity index (χ4v) is 3.63. The van der Waals surface area contributed by atoms with Crippen LogP contribution in [0.2, 0.25) is 0 Å². The van der Waals surface area contributed by atoms with E-state index >= 15 is 0 Å². The molecular weight excluding hydrogens is 340 g/mol. The van der Waals surface area contributed by atoms with Gasteiger partial charge in [0.2, 0.25) is 5.91 Å². The molecule has 0 saturated carbocycles. The number of amides is 1. The van der Waals surface area contributed by atoms with Crippen LogP contribution in [-0.2, 0) is 11.2 Å². The summed E-state index contributed by atoms with van der Waals surface area (Å²) in [6.45, 7) is 2.68. The van der Waals surface area contributed by atoms with E-state index < -0.39 is 0 Å². The molecule has 0 aliphatic carbocycles. The Hall–Kier alpha value is -2.53. The maximum Gasteiger partial charge on any atom is 0.220 e. The van der Waals surface area contributed by atoms with Crippen LogP contribution in [0.5, 0.6) is 11.5 Å². The first-order valence-corrected chi connectivity index (χ1v) is 9.59. The molecule has 2 N–H and O–H groups in total. The van der Waals surface area contributed by atoms with Crippen molar-refractivity contribution in [3.63, 3.8) is 0 Å². The molecule has 0 spiro atoms. The maximum atomic E-state index is 12.4. The first kappa shape index (κ1) is 19.2. The molecule has 1 fully saturated rings. The van der Waals surface area contributed by atoms with Gasteiger partial charge in [-0.2, -0.15) is 0 Å². The molecule has 2 aromatic rings. The van der Waals surface area contributed by atoms with Gasteiger partial charge in [-0.15, -0.1) is 0 Å². The van der Waals surface area contributed by atoms with Crippen LogP contribution in [-0.4, -0.2) is 42.7 Å². The van der Waals surface area contributed by atoms with Crippen LogP contribution in [0, 0.1) is 0 Å². The normalized spacial score (nSPS) is 15.4. The molecule has 0 radical (unpaired) electrons. The molecule has 1 atom stereocenters. The molecule has 5 heteroatoms. The summed E-state index contributed by atoms with van der Waals surface area (Å²) in [6, 6.07) is 15.4. The SMILES string of the molecule is COc1cccc(C(CNC(=O)CCc2ccccc2O)N2CCCC2)c1. The lowest BCUT2D eigenvalue weighted by molar-refractivity contribution is -0.121. The van der Waals surface area contributed by atoms with Gasteiger partial charge in [-0.1, -0.05) is 30.3 Å². The smallest absolute Gasteiger partial charge is 0.220 e. The van der Waals surface area contributed by atoms with Gasteiger partial charge in [-0.25, -0.2) is 0 Å². The lowest BCUT2D eigenvalue weighted by Crippen LogP contribution is -2.36. The molecule has 0 bridgehead atoms. The molecule has 2 aromatic carbocycles. The van der Waals surface area contributed by atoms with E-state index in [9.17, 15) is 9.90 Å². The lowest BCUT2D eigenvalue weighted by Gasteiger charge is -2.28. The van der Waals surface area contributed by atoms with Crippen LogP contribution >= 0.6 is 0 Å². The minimum absolute atomic E-state index is 0.00495. The van der Waals surface area contributed by atoms with E-state index in [0.29, 0.717) is 19.4 Å². The summed E-state index contributed by atoms with van der Waals surface area (Å²) < 4.78 is 5.36. The summed E-state index contributed by atoms with van der Waals surface area (Å²) in [5.74, 6) is 1.09. The number of aryl methyl sites for hydroxylation is 1. The number of methoxy groups -OCH3 is 1. The molecule has 0 aromatic heterocycles. The number of ether oxygens (including phenoxy) is 1. The Morgan fingerprint density at radius 1 is 1.19 bits per heavy atom. The average Bonchev–Trinajstić information content (AvgIpc) is 3.22. The van der Waals surface area contributed by atoms with Crippen molar-refractivity contribution in [2.24, 2.45) is 0 Å². The maximum absolute atomic E-state index is 12.4.